The molecule has 0 saturated carbocycles. The van der Waals surface area contributed by atoms with Gasteiger partial charge in [-0.05, 0) is 44.0 Å². The van der Waals surface area contributed by atoms with E-state index in [0.29, 0.717) is 10.9 Å². The molecule has 0 fully saturated rings. The molecule has 1 atom stereocenters. The first-order valence-electron chi connectivity index (χ1n) is 6.15. The average molecular weight is 310 g/mol. The SMILES string of the molecule is Cc1cc(C)c(C(=O)[P+](=O)c2ccccc2)c(C)c1.[K]. The van der Waals surface area contributed by atoms with Crippen LogP contribution in [0.25, 0.3) is 0 Å². The van der Waals surface area contributed by atoms with E-state index in [9.17, 15) is 9.36 Å². The predicted octanol–water partition coefficient (Wildman–Crippen LogP) is 3.52. The molecule has 2 rings (SSSR count). The van der Waals surface area contributed by atoms with E-state index in [1.54, 1.807) is 24.3 Å². The van der Waals surface area contributed by atoms with E-state index in [2.05, 4.69) is 0 Å². The van der Waals surface area contributed by atoms with Crippen molar-refractivity contribution in [2.24, 2.45) is 0 Å². The van der Waals surface area contributed by atoms with E-state index in [0.717, 1.165) is 16.7 Å². The van der Waals surface area contributed by atoms with Gasteiger partial charge in [0.2, 0.25) is 0 Å². The van der Waals surface area contributed by atoms with Crippen molar-refractivity contribution in [2.45, 2.75) is 20.8 Å². The van der Waals surface area contributed by atoms with Gasteiger partial charge in [-0.1, -0.05) is 40.5 Å². The number of benzene rings is 2. The molecule has 20 heavy (non-hydrogen) atoms. The number of hydrogen-bond acceptors (Lipinski definition) is 2. The molecule has 0 heterocycles. The predicted molar refractivity (Wildman–Crippen MR) is 84.4 cm³/mol. The van der Waals surface area contributed by atoms with Crippen LogP contribution >= 0.6 is 7.80 Å². The van der Waals surface area contributed by atoms with Crippen LogP contribution in [0.3, 0.4) is 0 Å². The molecule has 0 spiro atoms. The molecule has 4 heteroatoms. The molecule has 2 aromatic carbocycles. The fourth-order valence-corrected chi connectivity index (χ4v) is 3.53. The fourth-order valence-electron chi connectivity index (χ4n) is 2.30. The monoisotopic (exact) mass is 310 g/mol. The molecule has 1 radical (unpaired) electrons. The normalized spacial score (nSPS) is 10.7. The van der Waals surface area contributed by atoms with Gasteiger partial charge >= 0.3 is 13.3 Å². The largest absolute Gasteiger partial charge is 0.458 e. The summed E-state index contributed by atoms with van der Waals surface area (Å²) >= 11 is 0. The molecule has 0 bridgehead atoms. The maximum absolute atomic E-state index is 12.4. The van der Waals surface area contributed by atoms with Crippen molar-refractivity contribution in [1.82, 2.24) is 0 Å². The molecule has 0 aliphatic carbocycles. The smallest absolute Gasteiger partial charge is 0.234 e. The molecular weight excluding hydrogens is 294 g/mol. The summed E-state index contributed by atoms with van der Waals surface area (Å²) in [5, 5.41) is 0.585. The number of aryl methyl sites for hydroxylation is 3. The van der Waals surface area contributed by atoms with Crippen molar-refractivity contribution in [2.75, 3.05) is 0 Å². The third-order valence-corrected chi connectivity index (χ3v) is 4.43. The van der Waals surface area contributed by atoms with Crippen molar-refractivity contribution < 1.29 is 9.36 Å². The van der Waals surface area contributed by atoms with Crippen LogP contribution in [-0.4, -0.2) is 56.9 Å². The second-order valence-corrected chi connectivity index (χ2v) is 6.22. The Morgan fingerprint density at radius 3 is 1.95 bits per heavy atom. The standard InChI is InChI=1S/C16H16O2P.K/c1-11-9-12(2)15(13(3)10-11)16(17)19(18)14-7-5-4-6-8-14;/h4-10H,1-3H3;/q+1;. The Morgan fingerprint density at radius 1 is 0.950 bits per heavy atom. The van der Waals surface area contributed by atoms with Gasteiger partial charge in [-0.3, -0.25) is 0 Å². The maximum Gasteiger partial charge on any atom is 0.458 e. The van der Waals surface area contributed by atoms with E-state index < -0.39 is 7.80 Å². The van der Waals surface area contributed by atoms with Crippen LogP contribution in [0.15, 0.2) is 42.5 Å². The number of hydrogen-bond donors (Lipinski definition) is 0. The zero-order chi connectivity index (χ0) is 14.0. The van der Waals surface area contributed by atoms with Crippen LogP contribution in [0, 0.1) is 20.8 Å². The Morgan fingerprint density at radius 2 is 1.45 bits per heavy atom. The minimum Gasteiger partial charge on any atom is -0.234 e. The van der Waals surface area contributed by atoms with Crippen LogP contribution in [0.5, 0.6) is 0 Å². The average Bonchev–Trinajstić information content (AvgIpc) is 2.37. The van der Waals surface area contributed by atoms with E-state index in [4.69, 9.17) is 0 Å². The van der Waals surface area contributed by atoms with E-state index in [1.165, 1.54) is 0 Å². The van der Waals surface area contributed by atoms with Crippen LogP contribution in [0.1, 0.15) is 27.0 Å². The summed E-state index contributed by atoms with van der Waals surface area (Å²) in [4.78, 5) is 12.4. The van der Waals surface area contributed by atoms with Crippen molar-refractivity contribution in [3.63, 3.8) is 0 Å². The van der Waals surface area contributed by atoms with E-state index in [1.807, 2.05) is 39.0 Å². The molecule has 0 saturated heterocycles. The summed E-state index contributed by atoms with van der Waals surface area (Å²) in [6, 6.07) is 12.8. The van der Waals surface area contributed by atoms with Crippen LogP contribution in [-0.2, 0) is 4.57 Å². The second-order valence-electron chi connectivity index (χ2n) is 4.71. The third kappa shape index (κ3) is 3.94. The van der Waals surface area contributed by atoms with Gasteiger partial charge in [0.1, 0.15) is 0 Å². The van der Waals surface area contributed by atoms with E-state index in [-0.39, 0.29) is 56.9 Å². The number of rotatable bonds is 3. The van der Waals surface area contributed by atoms with Gasteiger partial charge in [-0.25, -0.2) is 4.79 Å². The first-order chi connectivity index (χ1) is 9.00. The number of carbonyl (C=O) groups is 1. The van der Waals surface area contributed by atoms with Gasteiger partial charge in [0, 0.05) is 51.4 Å². The molecule has 0 aliphatic heterocycles. The summed E-state index contributed by atoms with van der Waals surface area (Å²) in [7, 11) is -2.04. The Bertz CT molecular complexity index is 628. The topological polar surface area (TPSA) is 34.1 Å². The summed E-state index contributed by atoms with van der Waals surface area (Å²) in [5.74, 6) is 0. The summed E-state index contributed by atoms with van der Waals surface area (Å²) in [6.45, 7) is 5.77. The summed E-state index contributed by atoms with van der Waals surface area (Å²) in [6.07, 6.45) is 0. The molecule has 1 unspecified atom stereocenters. The van der Waals surface area contributed by atoms with Crippen LogP contribution < -0.4 is 5.30 Å². The fraction of sp³-hybridized carbons (Fsp3) is 0.188. The minimum atomic E-state index is -2.04. The molecule has 97 valence electrons. The van der Waals surface area contributed by atoms with Gasteiger partial charge in [-0.15, -0.1) is 0 Å². The molecule has 0 N–H and O–H groups in total. The Labute approximate surface area is 163 Å². The first kappa shape index (κ1) is 17.9. The Kier molecular flexibility index (Phi) is 6.93. The van der Waals surface area contributed by atoms with Gasteiger partial charge in [0.25, 0.3) is 0 Å². The molecule has 0 aromatic heterocycles. The second kappa shape index (κ2) is 7.74. The molecule has 0 amide bonds. The quantitative estimate of drug-likeness (QED) is 0.642. The Hall–Kier alpha value is -0.154. The van der Waals surface area contributed by atoms with Gasteiger partial charge < -0.3 is 0 Å². The first-order valence-corrected chi connectivity index (χ1v) is 7.41. The van der Waals surface area contributed by atoms with Gasteiger partial charge in [0.15, 0.2) is 5.30 Å². The molecule has 0 aliphatic rings. The van der Waals surface area contributed by atoms with Gasteiger partial charge in [-0.2, -0.15) is 0 Å². The van der Waals surface area contributed by atoms with Crippen molar-refractivity contribution >= 4 is 70.0 Å². The molecule has 2 nitrogen and oxygen atoms in total. The van der Waals surface area contributed by atoms with Crippen LogP contribution in [0.4, 0.5) is 0 Å². The van der Waals surface area contributed by atoms with E-state index >= 15 is 0 Å². The van der Waals surface area contributed by atoms with Crippen molar-refractivity contribution in [3.8, 4) is 0 Å². The zero-order valence-electron chi connectivity index (χ0n) is 12.3. The third-order valence-electron chi connectivity index (χ3n) is 3.07. The van der Waals surface area contributed by atoms with Gasteiger partial charge in [0.05, 0.1) is 5.56 Å². The van der Waals surface area contributed by atoms with Crippen molar-refractivity contribution in [3.05, 3.63) is 64.7 Å². The minimum absolute atomic E-state index is 0. The maximum atomic E-state index is 12.4. The Balaban J connectivity index is 0.00000200. The summed E-state index contributed by atoms with van der Waals surface area (Å²) in [5.41, 5.74) is 3.21. The zero-order valence-corrected chi connectivity index (χ0v) is 16.3. The number of carbonyl (C=O) groups excluding carboxylic acids is 1. The summed E-state index contributed by atoms with van der Waals surface area (Å²) < 4.78 is 12.3. The molecular formula is C16H16KO2P+. The van der Waals surface area contributed by atoms with Crippen molar-refractivity contribution in [1.29, 1.82) is 0 Å². The van der Waals surface area contributed by atoms with Crippen LogP contribution in [0.2, 0.25) is 0 Å². The molecule has 2 aromatic rings.